The minimum Gasteiger partial charge on any atom is -0.369 e. The van der Waals surface area contributed by atoms with Crippen molar-refractivity contribution in [1.29, 1.82) is 0 Å². The Balaban J connectivity index is 1.86. The number of para-hydroxylation sites is 1. The maximum absolute atomic E-state index is 12.5. The van der Waals surface area contributed by atoms with Crippen LogP contribution in [0, 0.1) is 0 Å². The highest BCUT2D eigenvalue weighted by atomic mass is 79.9. The highest BCUT2D eigenvalue weighted by molar-refractivity contribution is 9.10. The first-order valence-electron chi connectivity index (χ1n) is 7.75. The molecule has 1 amide bonds. The molecule has 1 saturated heterocycles. The SMILES string of the molecule is O=C(Nc1cccc(Cl)c1N1CCCCC1)c1ccc(Br)cc1. The largest absolute Gasteiger partial charge is 0.369 e. The Morgan fingerprint density at radius 2 is 1.74 bits per heavy atom. The van der Waals surface area contributed by atoms with Gasteiger partial charge in [-0.05, 0) is 55.7 Å². The summed E-state index contributed by atoms with van der Waals surface area (Å²) in [5.74, 6) is -0.127. The number of carbonyl (C=O) groups excluding carboxylic acids is 1. The van der Waals surface area contributed by atoms with Gasteiger partial charge in [-0.15, -0.1) is 0 Å². The number of hydrogen-bond donors (Lipinski definition) is 1. The number of rotatable bonds is 3. The first kappa shape index (κ1) is 16.3. The molecule has 2 aromatic rings. The summed E-state index contributed by atoms with van der Waals surface area (Å²) in [5, 5.41) is 3.69. The molecule has 1 aliphatic heterocycles. The van der Waals surface area contributed by atoms with Crippen molar-refractivity contribution in [2.45, 2.75) is 19.3 Å². The quantitative estimate of drug-likeness (QED) is 0.763. The number of piperidine rings is 1. The number of carbonyl (C=O) groups is 1. The van der Waals surface area contributed by atoms with Crippen LogP contribution in [0.15, 0.2) is 46.9 Å². The fourth-order valence-corrected chi connectivity index (χ4v) is 3.41. The smallest absolute Gasteiger partial charge is 0.255 e. The fourth-order valence-electron chi connectivity index (χ4n) is 2.85. The van der Waals surface area contributed by atoms with Gasteiger partial charge in [0.05, 0.1) is 16.4 Å². The molecule has 0 unspecified atom stereocenters. The van der Waals surface area contributed by atoms with Crippen LogP contribution in [0.4, 0.5) is 11.4 Å². The van der Waals surface area contributed by atoms with Gasteiger partial charge in [0.25, 0.3) is 5.91 Å². The van der Waals surface area contributed by atoms with E-state index in [-0.39, 0.29) is 5.91 Å². The van der Waals surface area contributed by atoms with Gasteiger partial charge in [-0.1, -0.05) is 33.6 Å². The van der Waals surface area contributed by atoms with Crippen molar-refractivity contribution in [3.05, 3.63) is 57.5 Å². The number of nitrogens with one attached hydrogen (secondary N) is 1. The van der Waals surface area contributed by atoms with Gasteiger partial charge in [-0.25, -0.2) is 0 Å². The molecule has 0 radical (unpaired) electrons. The summed E-state index contributed by atoms with van der Waals surface area (Å²) < 4.78 is 0.950. The second kappa shape index (κ2) is 7.37. The third-order valence-electron chi connectivity index (χ3n) is 4.01. The lowest BCUT2D eigenvalue weighted by molar-refractivity contribution is 0.102. The van der Waals surface area contributed by atoms with Gasteiger partial charge < -0.3 is 10.2 Å². The summed E-state index contributed by atoms with van der Waals surface area (Å²) >= 11 is 9.79. The average molecular weight is 394 g/mol. The highest BCUT2D eigenvalue weighted by Gasteiger charge is 2.19. The van der Waals surface area contributed by atoms with Gasteiger partial charge in [0.2, 0.25) is 0 Å². The molecule has 0 atom stereocenters. The number of nitrogens with zero attached hydrogens (tertiary/aromatic N) is 1. The Kier molecular flexibility index (Phi) is 5.23. The van der Waals surface area contributed by atoms with Crippen molar-refractivity contribution in [3.8, 4) is 0 Å². The molecule has 3 nitrogen and oxygen atoms in total. The Labute approximate surface area is 149 Å². The zero-order valence-corrected chi connectivity index (χ0v) is 15.0. The molecule has 0 aromatic heterocycles. The molecule has 2 aromatic carbocycles. The number of hydrogen-bond acceptors (Lipinski definition) is 2. The van der Waals surface area contributed by atoms with Crippen molar-refractivity contribution in [1.82, 2.24) is 0 Å². The van der Waals surface area contributed by atoms with Crippen LogP contribution in [0.2, 0.25) is 5.02 Å². The van der Waals surface area contributed by atoms with Crippen LogP contribution >= 0.6 is 27.5 Å². The van der Waals surface area contributed by atoms with Crippen molar-refractivity contribution in [2.24, 2.45) is 0 Å². The Hall–Kier alpha value is -1.52. The van der Waals surface area contributed by atoms with E-state index in [1.54, 1.807) is 12.1 Å². The molecule has 1 aliphatic rings. The molecule has 0 bridgehead atoms. The van der Waals surface area contributed by atoms with E-state index in [0.29, 0.717) is 10.6 Å². The Bertz CT molecular complexity index is 697. The van der Waals surface area contributed by atoms with Crippen LogP contribution in [0.3, 0.4) is 0 Å². The van der Waals surface area contributed by atoms with E-state index in [9.17, 15) is 4.79 Å². The zero-order valence-electron chi connectivity index (χ0n) is 12.7. The van der Waals surface area contributed by atoms with E-state index < -0.39 is 0 Å². The van der Waals surface area contributed by atoms with E-state index in [1.807, 2.05) is 30.3 Å². The molecular weight excluding hydrogens is 376 g/mol. The van der Waals surface area contributed by atoms with Crippen molar-refractivity contribution in [3.63, 3.8) is 0 Å². The Morgan fingerprint density at radius 1 is 1.04 bits per heavy atom. The highest BCUT2D eigenvalue weighted by Crippen LogP contribution is 2.35. The normalized spacial score (nSPS) is 14.6. The number of benzene rings is 2. The van der Waals surface area contributed by atoms with Crippen molar-refractivity contribution < 1.29 is 4.79 Å². The lowest BCUT2D eigenvalue weighted by atomic mass is 10.1. The number of halogens is 2. The van der Waals surface area contributed by atoms with E-state index >= 15 is 0 Å². The van der Waals surface area contributed by atoms with Crippen LogP contribution in [0.25, 0.3) is 0 Å². The van der Waals surface area contributed by atoms with E-state index in [0.717, 1.165) is 41.8 Å². The molecule has 1 heterocycles. The molecule has 0 saturated carbocycles. The number of anilines is 2. The second-order valence-electron chi connectivity index (χ2n) is 5.64. The van der Waals surface area contributed by atoms with Crippen LogP contribution < -0.4 is 10.2 Å². The maximum Gasteiger partial charge on any atom is 0.255 e. The average Bonchev–Trinajstić information content (AvgIpc) is 2.56. The zero-order chi connectivity index (χ0) is 16.2. The van der Waals surface area contributed by atoms with E-state index in [4.69, 9.17) is 11.6 Å². The van der Waals surface area contributed by atoms with Crippen LogP contribution in [-0.2, 0) is 0 Å². The van der Waals surface area contributed by atoms with Crippen molar-refractivity contribution in [2.75, 3.05) is 23.3 Å². The summed E-state index contributed by atoms with van der Waals surface area (Å²) in [5.41, 5.74) is 2.32. The van der Waals surface area contributed by atoms with Crippen LogP contribution in [0.1, 0.15) is 29.6 Å². The lowest BCUT2D eigenvalue weighted by Crippen LogP contribution is -2.30. The van der Waals surface area contributed by atoms with Gasteiger partial charge >= 0.3 is 0 Å². The van der Waals surface area contributed by atoms with Gasteiger partial charge in [0, 0.05) is 23.1 Å². The third-order valence-corrected chi connectivity index (χ3v) is 4.85. The minimum absolute atomic E-state index is 0.127. The molecule has 0 aliphatic carbocycles. The molecule has 1 N–H and O–H groups in total. The summed E-state index contributed by atoms with van der Waals surface area (Å²) in [4.78, 5) is 14.8. The summed E-state index contributed by atoms with van der Waals surface area (Å²) in [6.45, 7) is 1.95. The first-order valence-corrected chi connectivity index (χ1v) is 8.92. The molecule has 5 heteroatoms. The second-order valence-corrected chi connectivity index (χ2v) is 6.97. The standard InChI is InChI=1S/C18H18BrClN2O/c19-14-9-7-13(8-10-14)18(23)21-16-6-4-5-15(20)17(16)22-11-2-1-3-12-22/h4-10H,1-3,11-12H2,(H,21,23). The minimum atomic E-state index is -0.127. The van der Waals surface area contributed by atoms with E-state index in [2.05, 4.69) is 26.1 Å². The van der Waals surface area contributed by atoms with Gasteiger partial charge in [-0.2, -0.15) is 0 Å². The fraction of sp³-hybridized carbons (Fsp3) is 0.278. The Morgan fingerprint density at radius 3 is 2.43 bits per heavy atom. The van der Waals surface area contributed by atoms with Crippen LogP contribution in [-0.4, -0.2) is 19.0 Å². The van der Waals surface area contributed by atoms with Crippen LogP contribution in [0.5, 0.6) is 0 Å². The predicted octanol–water partition coefficient (Wildman–Crippen LogP) is 5.35. The predicted molar refractivity (Wildman–Crippen MR) is 99.6 cm³/mol. The topological polar surface area (TPSA) is 32.3 Å². The molecule has 23 heavy (non-hydrogen) atoms. The number of amides is 1. The van der Waals surface area contributed by atoms with Crippen molar-refractivity contribution >= 4 is 44.8 Å². The van der Waals surface area contributed by atoms with Gasteiger partial charge in [-0.3, -0.25) is 4.79 Å². The molecular formula is C18H18BrClN2O. The molecule has 0 spiro atoms. The summed E-state index contributed by atoms with van der Waals surface area (Å²) in [7, 11) is 0. The molecule has 1 fully saturated rings. The first-order chi connectivity index (χ1) is 11.1. The van der Waals surface area contributed by atoms with Gasteiger partial charge in [0.1, 0.15) is 0 Å². The van der Waals surface area contributed by atoms with Gasteiger partial charge in [0.15, 0.2) is 0 Å². The summed E-state index contributed by atoms with van der Waals surface area (Å²) in [6, 6.07) is 13.0. The molecule has 120 valence electrons. The third kappa shape index (κ3) is 3.88. The summed E-state index contributed by atoms with van der Waals surface area (Å²) in [6.07, 6.45) is 3.57. The monoisotopic (exact) mass is 392 g/mol. The molecule has 3 rings (SSSR count). The lowest BCUT2D eigenvalue weighted by Gasteiger charge is -2.31. The maximum atomic E-state index is 12.5. The van der Waals surface area contributed by atoms with E-state index in [1.165, 1.54) is 6.42 Å².